The largest absolute Gasteiger partial charge is 0.395 e. The fraction of sp³-hybridized carbons (Fsp3) is 0.667. The molecule has 1 aromatic heterocycles. The Balaban J connectivity index is 1.89. The number of rotatable bonds is 5. The predicted molar refractivity (Wildman–Crippen MR) is 75.7 cm³/mol. The maximum atomic E-state index is 12.3. The summed E-state index contributed by atoms with van der Waals surface area (Å²) in [5.74, 6) is 0.00375. The van der Waals surface area contributed by atoms with Gasteiger partial charge in [0.05, 0.1) is 6.61 Å². The van der Waals surface area contributed by atoms with Crippen LogP contribution in [0.4, 0.5) is 5.13 Å². The molecule has 0 spiro atoms. The van der Waals surface area contributed by atoms with E-state index in [9.17, 15) is 4.79 Å². The number of thiazole rings is 1. The number of hydrogen-bond donors (Lipinski definition) is 2. The smallest absolute Gasteiger partial charge is 0.273 e. The van der Waals surface area contributed by atoms with Crippen LogP contribution in [0.5, 0.6) is 0 Å². The van der Waals surface area contributed by atoms with Crippen molar-refractivity contribution in [3.8, 4) is 0 Å². The fourth-order valence-electron chi connectivity index (χ4n) is 2.08. The first-order chi connectivity index (χ1) is 9.24. The maximum absolute atomic E-state index is 12.3. The van der Waals surface area contributed by atoms with Crippen molar-refractivity contribution in [1.82, 2.24) is 14.8 Å². The third-order valence-electron chi connectivity index (χ3n) is 3.13. The molecule has 1 aliphatic rings. The first-order valence-electron chi connectivity index (χ1n) is 6.56. The van der Waals surface area contributed by atoms with Crippen molar-refractivity contribution >= 4 is 22.4 Å². The molecule has 0 saturated carbocycles. The van der Waals surface area contributed by atoms with Gasteiger partial charge in [0.15, 0.2) is 5.13 Å². The number of hydrogen-bond acceptors (Lipinski definition) is 6. The van der Waals surface area contributed by atoms with E-state index in [0.717, 1.165) is 24.8 Å². The summed E-state index contributed by atoms with van der Waals surface area (Å²) in [5.41, 5.74) is 0.525. The van der Waals surface area contributed by atoms with Crippen LogP contribution in [0.15, 0.2) is 5.38 Å². The number of amides is 1. The molecule has 0 unspecified atom stereocenters. The number of nitrogens with zero attached hydrogens (tertiary/aromatic N) is 3. The minimum atomic E-state index is 0.00375. The van der Waals surface area contributed by atoms with Crippen molar-refractivity contribution in [3.05, 3.63) is 11.1 Å². The standard InChI is InChI=1S/C12H20N4O2S/c1-2-13-12-14-10(9-19-12)11(18)16-5-3-15(4-6-16)7-8-17/h9,17H,2-8H2,1H3,(H,13,14). The number of anilines is 1. The van der Waals surface area contributed by atoms with E-state index in [-0.39, 0.29) is 12.5 Å². The van der Waals surface area contributed by atoms with Crippen LogP contribution in [-0.2, 0) is 0 Å². The van der Waals surface area contributed by atoms with Gasteiger partial charge >= 0.3 is 0 Å². The Hall–Kier alpha value is -1.18. The zero-order chi connectivity index (χ0) is 13.7. The minimum absolute atomic E-state index is 0.00375. The van der Waals surface area contributed by atoms with Gasteiger partial charge in [-0.15, -0.1) is 11.3 Å². The van der Waals surface area contributed by atoms with E-state index in [2.05, 4.69) is 15.2 Å². The lowest BCUT2D eigenvalue weighted by atomic mass is 10.3. The molecular weight excluding hydrogens is 264 g/mol. The summed E-state index contributed by atoms with van der Waals surface area (Å²) in [5, 5.41) is 14.6. The van der Waals surface area contributed by atoms with Gasteiger partial charge in [-0.25, -0.2) is 4.98 Å². The normalized spacial score (nSPS) is 16.6. The number of carbonyl (C=O) groups excluding carboxylic acids is 1. The van der Waals surface area contributed by atoms with Gasteiger partial charge in [-0.05, 0) is 6.92 Å². The highest BCUT2D eigenvalue weighted by Gasteiger charge is 2.23. The summed E-state index contributed by atoms with van der Waals surface area (Å²) in [6, 6.07) is 0. The van der Waals surface area contributed by atoms with E-state index in [4.69, 9.17) is 5.11 Å². The third-order valence-corrected chi connectivity index (χ3v) is 3.93. The number of aromatic nitrogens is 1. The summed E-state index contributed by atoms with van der Waals surface area (Å²) in [6.07, 6.45) is 0. The minimum Gasteiger partial charge on any atom is -0.395 e. The number of carbonyl (C=O) groups is 1. The van der Waals surface area contributed by atoms with E-state index in [1.807, 2.05) is 11.8 Å². The molecule has 0 aromatic carbocycles. The van der Waals surface area contributed by atoms with Crippen LogP contribution < -0.4 is 5.32 Å². The van der Waals surface area contributed by atoms with E-state index in [0.29, 0.717) is 25.3 Å². The Labute approximate surface area is 117 Å². The molecule has 0 atom stereocenters. The average molecular weight is 284 g/mol. The summed E-state index contributed by atoms with van der Waals surface area (Å²) in [7, 11) is 0. The zero-order valence-electron chi connectivity index (χ0n) is 11.1. The quantitative estimate of drug-likeness (QED) is 0.815. The van der Waals surface area contributed by atoms with Crippen LogP contribution in [0.1, 0.15) is 17.4 Å². The fourth-order valence-corrected chi connectivity index (χ4v) is 2.84. The monoisotopic (exact) mass is 284 g/mol. The van der Waals surface area contributed by atoms with Crippen LogP contribution >= 0.6 is 11.3 Å². The lowest BCUT2D eigenvalue weighted by Crippen LogP contribution is -2.49. The third kappa shape index (κ3) is 3.65. The Morgan fingerprint density at radius 2 is 2.21 bits per heavy atom. The topological polar surface area (TPSA) is 68.7 Å². The van der Waals surface area contributed by atoms with E-state index in [1.54, 1.807) is 5.38 Å². The van der Waals surface area contributed by atoms with Gasteiger partial charge in [0.2, 0.25) is 0 Å². The number of aliphatic hydroxyl groups is 1. The molecule has 1 aliphatic heterocycles. The highest BCUT2D eigenvalue weighted by Crippen LogP contribution is 2.17. The molecule has 106 valence electrons. The molecule has 6 nitrogen and oxygen atoms in total. The lowest BCUT2D eigenvalue weighted by molar-refractivity contribution is 0.0610. The van der Waals surface area contributed by atoms with E-state index >= 15 is 0 Å². The highest BCUT2D eigenvalue weighted by atomic mass is 32.1. The molecule has 0 radical (unpaired) electrons. The zero-order valence-corrected chi connectivity index (χ0v) is 11.9. The molecular formula is C12H20N4O2S. The number of nitrogens with one attached hydrogen (secondary N) is 1. The van der Waals surface area contributed by atoms with Crippen molar-refractivity contribution in [3.63, 3.8) is 0 Å². The van der Waals surface area contributed by atoms with Crippen LogP contribution in [0.2, 0.25) is 0 Å². The molecule has 1 aromatic rings. The first kappa shape index (κ1) is 14.2. The van der Waals surface area contributed by atoms with Gasteiger partial charge in [0, 0.05) is 44.6 Å². The number of β-amino-alcohol motifs (C(OH)–C–C–N with tert-alkyl or cyclic N) is 1. The Bertz CT molecular complexity index is 416. The highest BCUT2D eigenvalue weighted by molar-refractivity contribution is 7.13. The van der Waals surface area contributed by atoms with Crippen LogP contribution in [0.25, 0.3) is 0 Å². The Morgan fingerprint density at radius 3 is 2.84 bits per heavy atom. The number of piperazine rings is 1. The Morgan fingerprint density at radius 1 is 1.47 bits per heavy atom. The molecule has 7 heteroatoms. The summed E-state index contributed by atoms with van der Waals surface area (Å²) in [4.78, 5) is 20.5. The molecule has 2 heterocycles. The Kier molecular flexibility index (Phi) is 5.12. The van der Waals surface area contributed by atoms with Crippen LogP contribution in [0.3, 0.4) is 0 Å². The first-order valence-corrected chi connectivity index (χ1v) is 7.44. The summed E-state index contributed by atoms with van der Waals surface area (Å²) < 4.78 is 0. The molecule has 2 rings (SSSR count). The molecule has 2 N–H and O–H groups in total. The molecule has 19 heavy (non-hydrogen) atoms. The van der Waals surface area contributed by atoms with Crippen molar-refractivity contribution in [2.75, 3.05) is 51.2 Å². The molecule has 1 fully saturated rings. The van der Waals surface area contributed by atoms with Crippen LogP contribution in [-0.4, -0.2) is 71.7 Å². The van der Waals surface area contributed by atoms with E-state index in [1.165, 1.54) is 11.3 Å². The van der Waals surface area contributed by atoms with Gasteiger partial charge < -0.3 is 15.3 Å². The lowest BCUT2D eigenvalue weighted by Gasteiger charge is -2.33. The molecule has 0 aliphatic carbocycles. The van der Waals surface area contributed by atoms with Gasteiger partial charge in [0.1, 0.15) is 5.69 Å². The second-order valence-corrected chi connectivity index (χ2v) is 5.28. The van der Waals surface area contributed by atoms with Crippen molar-refractivity contribution < 1.29 is 9.90 Å². The second-order valence-electron chi connectivity index (χ2n) is 4.43. The molecule has 0 bridgehead atoms. The summed E-state index contributed by atoms with van der Waals surface area (Å²) in [6.45, 7) is 6.70. The van der Waals surface area contributed by atoms with Gasteiger partial charge in [-0.2, -0.15) is 0 Å². The van der Waals surface area contributed by atoms with Crippen molar-refractivity contribution in [2.45, 2.75) is 6.92 Å². The summed E-state index contributed by atoms with van der Waals surface area (Å²) >= 11 is 1.46. The van der Waals surface area contributed by atoms with Crippen molar-refractivity contribution in [1.29, 1.82) is 0 Å². The van der Waals surface area contributed by atoms with Gasteiger partial charge in [0.25, 0.3) is 5.91 Å². The number of aliphatic hydroxyl groups excluding tert-OH is 1. The van der Waals surface area contributed by atoms with Crippen molar-refractivity contribution in [2.24, 2.45) is 0 Å². The SMILES string of the molecule is CCNc1nc(C(=O)N2CCN(CCO)CC2)cs1. The van der Waals surface area contributed by atoms with E-state index < -0.39 is 0 Å². The van der Waals surface area contributed by atoms with Crippen LogP contribution in [0, 0.1) is 0 Å². The second kappa shape index (κ2) is 6.83. The average Bonchev–Trinajstić information content (AvgIpc) is 2.88. The van der Waals surface area contributed by atoms with Gasteiger partial charge in [-0.3, -0.25) is 9.69 Å². The van der Waals surface area contributed by atoms with Gasteiger partial charge in [-0.1, -0.05) is 0 Å². The molecule has 1 amide bonds. The maximum Gasteiger partial charge on any atom is 0.273 e. The molecule has 1 saturated heterocycles. The predicted octanol–water partition coefficient (Wildman–Crippen LogP) is 0.325.